The lowest BCUT2D eigenvalue weighted by Crippen LogP contribution is -2.48. The van der Waals surface area contributed by atoms with Crippen molar-refractivity contribution in [2.75, 3.05) is 6.23 Å². The van der Waals surface area contributed by atoms with E-state index in [9.17, 15) is 4.79 Å². The molecule has 0 amide bonds. The summed E-state index contributed by atoms with van der Waals surface area (Å²) in [5.41, 5.74) is 1.26. The van der Waals surface area contributed by atoms with Crippen molar-refractivity contribution < 1.29 is 13.6 Å². The smallest absolute Gasteiger partial charge is 0.329 e. The molecule has 0 aromatic heterocycles. The Bertz CT molecular complexity index is 352. The van der Waals surface area contributed by atoms with E-state index in [0.29, 0.717) is 6.23 Å². The number of carbonyl (C=O) groups is 1. The molecular formula is C14H28O3Si3. The SMILES string of the molecule is C=CC(=O)OC[Si](C)(C)O[Si](C)(C)CC[Si]CC(=C)C. The van der Waals surface area contributed by atoms with Crippen molar-refractivity contribution in [3.8, 4) is 0 Å². The molecular weight excluding hydrogens is 300 g/mol. The number of allylic oxidation sites excluding steroid dienone is 1. The second-order valence-electron chi connectivity index (χ2n) is 6.32. The predicted octanol–water partition coefficient (Wildman–Crippen LogP) is 3.80. The van der Waals surface area contributed by atoms with Crippen LogP contribution in [0.3, 0.4) is 0 Å². The van der Waals surface area contributed by atoms with Crippen LogP contribution in [0.4, 0.5) is 0 Å². The molecule has 2 radical (unpaired) electrons. The summed E-state index contributed by atoms with van der Waals surface area (Å²) in [4.78, 5) is 11.1. The molecule has 0 aliphatic heterocycles. The van der Waals surface area contributed by atoms with E-state index < -0.39 is 16.6 Å². The van der Waals surface area contributed by atoms with Gasteiger partial charge in [-0.1, -0.05) is 18.2 Å². The molecule has 0 aromatic rings. The fraction of sp³-hybridized carbons (Fsp3) is 0.643. The van der Waals surface area contributed by atoms with E-state index in [1.807, 2.05) is 0 Å². The quantitative estimate of drug-likeness (QED) is 0.201. The number of hydrogen-bond acceptors (Lipinski definition) is 3. The van der Waals surface area contributed by atoms with Gasteiger partial charge >= 0.3 is 5.97 Å². The van der Waals surface area contributed by atoms with Crippen LogP contribution in [0.15, 0.2) is 24.8 Å². The van der Waals surface area contributed by atoms with Gasteiger partial charge in [-0.05, 0) is 45.2 Å². The van der Waals surface area contributed by atoms with Crippen LogP contribution in [0.5, 0.6) is 0 Å². The molecule has 0 unspecified atom stereocenters. The minimum atomic E-state index is -1.94. The second-order valence-corrected chi connectivity index (χ2v) is 16.3. The van der Waals surface area contributed by atoms with E-state index in [4.69, 9.17) is 8.85 Å². The summed E-state index contributed by atoms with van der Waals surface area (Å²) in [6.07, 6.45) is 1.61. The zero-order chi connectivity index (χ0) is 15.8. The topological polar surface area (TPSA) is 35.5 Å². The Labute approximate surface area is 128 Å². The Morgan fingerprint density at radius 3 is 2.35 bits per heavy atom. The van der Waals surface area contributed by atoms with Gasteiger partial charge in [-0.3, -0.25) is 0 Å². The van der Waals surface area contributed by atoms with Gasteiger partial charge in [0.2, 0.25) is 8.32 Å². The minimum absolute atomic E-state index is 0.364. The van der Waals surface area contributed by atoms with Gasteiger partial charge in [0.25, 0.3) is 0 Å². The van der Waals surface area contributed by atoms with Gasteiger partial charge in [0.15, 0.2) is 8.32 Å². The van der Waals surface area contributed by atoms with Crippen molar-refractivity contribution in [1.82, 2.24) is 0 Å². The Kier molecular flexibility index (Phi) is 8.57. The van der Waals surface area contributed by atoms with Crippen molar-refractivity contribution in [1.29, 1.82) is 0 Å². The fourth-order valence-corrected chi connectivity index (χ4v) is 12.7. The van der Waals surface area contributed by atoms with Gasteiger partial charge in [0.05, 0.1) is 0 Å². The number of rotatable bonds is 10. The Balaban J connectivity index is 4.17. The molecule has 0 aliphatic carbocycles. The lowest BCUT2D eigenvalue weighted by atomic mass is 10.4. The average molecular weight is 329 g/mol. The lowest BCUT2D eigenvalue weighted by molar-refractivity contribution is -0.136. The third-order valence-electron chi connectivity index (χ3n) is 2.61. The van der Waals surface area contributed by atoms with E-state index in [1.54, 1.807) is 0 Å². The average Bonchev–Trinajstić information content (AvgIpc) is 2.30. The van der Waals surface area contributed by atoms with Gasteiger partial charge < -0.3 is 8.85 Å². The lowest BCUT2D eigenvalue weighted by Gasteiger charge is -2.33. The third kappa shape index (κ3) is 10.4. The molecule has 20 heavy (non-hydrogen) atoms. The van der Waals surface area contributed by atoms with E-state index in [1.165, 1.54) is 17.7 Å². The molecule has 0 spiro atoms. The van der Waals surface area contributed by atoms with Crippen LogP contribution in [0.2, 0.25) is 44.3 Å². The predicted molar refractivity (Wildman–Crippen MR) is 92.2 cm³/mol. The third-order valence-corrected chi connectivity index (χ3v) is 11.3. The van der Waals surface area contributed by atoms with Crippen LogP contribution in [-0.2, 0) is 13.6 Å². The number of carbonyl (C=O) groups excluding carboxylic acids is 1. The van der Waals surface area contributed by atoms with Crippen molar-refractivity contribution in [2.45, 2.75) is 51.2 Å². The largest absolute Gasteiger partial charge is 0.463 e. The highest BCUT2D eigenvalue weighted by molar-refractivity contribution is 6.85. The second kappa shape index (κ2) is 8.76. The molecule has 0 saturated heterocycles. The Hall–Kier alpha value is -0.439. The standard InChI is InChI=1S/C14H28O3Si3/c1-8-14(15)16-12-20(6,7)17-19(4,5)10-9-18-11-13(2)3/h8H,1-2,9-12H2,3-7H3. The summed E-state index contributed by atoms with van der Waals surface area (Å²) in [5.74, 6) is -0.364. The van der Waals surface area contributed by atoms with Crippen molar-refractivity contribution >= 4 is 32.1 Å². The molecule has 0 aliphatic rings. The van der Waals surface area contributed by atoms with Crippen molar-refractivity contribution in [3.63, 3.8) is 0 Å². The van der Waals surface area contributed by atoms with E-state index in [0.717, 1.165) is 21.6 Å². The van der Waals surface area contributed by atoms with Gasteiger partial charge in [0, 0.05) is 15.6 Å². The molecule has 3 nitrogen and oxygen atoms in total. The zero-order valence-corrected chi connectivity index (χ0v) is 16.5. The highest BCUT2D eigenvalue weighted by Gasteiger charge is 2.33. The number of ether oxygens (including phenoxy) is 1. The molecule has 0 rings (SSSR count). The van der Waals surface area contributed by atoms with Crippen LogP contribution in [0.25, 0.3) is 0 Å². The number of esters is 1. The maximum atomic E-state index is 11.1. The Morgan fingerprint density at radius 2 is 1.85 bits per heavy atom. The van der Waals surface area contributed by atoms with Crippen LogP contribution in [0, 0.1) is 0 Å². The first-order valence-corrected chi connectivity index (χ1v) is 14.6. The maximum Gasteiger partial charge on any atom is 0.329 e. The molecule has 0 bridgehead atoms. The first-order valence-electron chi connectivity index (χ1n) is 6.92. The first-order chi connectivity index (χ1) is 9.08. The van der Waals surface area contributed by atoms with E-state index >= 15 is 0 Å². The zero-order valence-electron chi connectivity index (χ0n) is 13.5. The minimum Gasteiger partial charge on any atom is -0.463 e. The van der Waals surface area contributed by atoms with Crippen LogP contribution >= 0.6 is 0 Å². The highest BCUT2D eigenvalue weighted by atomic mass is 28.4. The summed E-state index contributed by atoms with van der Waals surface area (Å²) in [5, 5.41) is 0. The summed E-state index contributed by atoms with van der Waals surface area (Å²) >= 11 is 0. The summed E-state index contributed by atoms with van der Waals surface area (Å²) < 4.78 is 11.5. The van der Waals surface area contributed by atoms with Crippen molar-refractivity contribution in [2.24, 2.45) is 0 Å². The van der Waals surface area contributed by atoms with E-state index in [2.05, 4.69) is 46.3 Å². The summed E-state index contributed by atoms with van der Waals surface area (Å²) in [7, 11) is -2.67. The first kappa shape index (κ1) is 19.6. The van der Waals surface area contributed by atoms with Gasteiger partial charge in [-0.2, -0.15) is 0 Å². The van der Waals surface area contributed by atoms with Crippen LogP contribution < -0.4 is 0 Å². The van der Waals surface area contributed by atoms with Crippen molar-refractivity contribution in [3.05, 3.63) is 24.8 Å². The molecule has 0 N–H and O–H groups in total. The molecule has 0 atom stereocenters. The molecule has 6 heteroatoms. The normalized spacial score (nSPS) is 12.1. The Morgan fingerprint density at radius 1 is 1.25 bits per heavy atom. The van der Waals surface area contributed by atoms with Crippen LogP contribution in [-0.4, -0.2) is 38.4 Å². The summed E-state index contributed by atoms with van der Waals surface area (Å²) in [6, 6.07) is 3.50. The van der Waals surface area contributed by atoms with Gasteiger partial charge in [0.1, 0.15) is 6.23 Å². The summed E-state index contributed by atoms with van der Waals surface area (Å²) in [6.45, 7) is 18.1. The van der Waals surface area contributed by atoms with Gasteiger partial charge in [-0.15, -0.1) is 6.58 Å². The molecule has 0 aromatic carbocycles. The monoisotopic (exact) mass is 328 g/mol. The van der Waals surface area contributed by atoms with Gasteiger partial charge in [-0.25, -0.2) is 4.79 Å². The molecule has 0 fully saturated rings. The van der Waals surface area contributed by atoms with E-state index in [-0.39, 0.29) is 5.97 Å². The van der Waals surface area contributed by atoms with Crippen LogP contribution in [0.1, 0.15) is 6.92 Å². The molecule has 114 valence electrons. The number of hydrogen-bond donors (Lipinski definition) is 0. The molecule has 0 heterocycles. The molecule has 0 saturated carbocycles. The fourth-order valence-electron chi connectivity index (χ4n) is 1.82. The maximum absolute atomic E-state index is 11.1. The highest BCUT2D eigenvalue weighted by Crippen LogP contribution is 2.21.